The second kappa shape index (κ2) is 8.52. The fraction of sp³-hybridized carbons (Fsp3) is 0.409. The summed E-state index contributed by atoms with van der Waals surface area (Å²) in [4.78, 5) is 14.8. The van der Waals surface area contributed by atoms with Gasteiger partial charge in [-0.1, -0.05) is 29.8 Å². The maximum atomic E-state index is 14.9. The Morgan fingerprint density at radius 3 is 2.50 bits per heavy atom. The van der Waals surface area contributed by atoms with Gasteiger partial charge in [-0.15, -0.1) is 0 Å². The summed E-state index contributed by atoms with van der Waals surface area (Å²) in [5.74, 6) is 1.13. The van der Waals surface area contributed by atoms with E-state index in [1.807, 2.05) is 26.0 Å². The molecule has 0 saturated heterocycles. The molecule has 4 nitrogen and oxygen atoms in total. The van der Waals surface area contributed by atoms with Gasteiger partial charge in [-0.2, -0.15) is 0 Å². The van der Waals surface area contributed by atoms with Gasteiger partial charge in [-0.3, -0.25) is 4.79 Å². The molecule has 1 aliphatic heterocycles. The zero-order valence-corrected chi connectivity index (χ0v) is 18.2. The molecule has 0 bridgehead atoms. The molecule has 6 heteroatoms. The molecular formula is C22H25BrFNO3. The molecule has 1 aliphatic rings. The summed E-state index contributed by atoms with van der Waals surface area (Å²) in [5.41, 5.74) is 2.38. The third-order valence-electron chi connectivity index (χ3n) is 5.03. The first-order valence-corrected chi connectivity index (χ1v) is 10.1. The zero-order valence-electron chi connectivity index (χ0n) is 16.6. The predicted octanol–water partition coefficient (Wildman–Crippen LogP) is 5.13. The molecule has 0 aliphatic carbocycles. The molecule has 150 valence electrons. The Morgan fingerprint density at radius 1 is 1.18 bits per heavy atom. The highest BCUT2D eigenvalue weighted by Gasteiger charge is 2.35. The molecule has 3 rings (SSSR count). The van der Waals surface area contributed by atoms with Crippen molar-refractivity contribution in [1.29, 1.82) is 0 Å². The first kappa shape index (κ1) is 20.6. The van der Waals surface area contributed by atoms with E-state index < -0.39 is 6.04 Å². The van der Waals surface area contributed by atoms with Crippen LogP contribution in [-0.2, 0) is 11.2 Å². The van der Waals surface area contributed by atoms with Crippen LogP contribution in [0.2, 0.25) is 0 Å². The molecule has 0 fully saturated rings. The Labute approximate surface area is 173 Å². The number of hydrogen-bond acceptors (Lipinski definition) is 3. The van der Waals surface area contributed by atoms with E-state index in [0.29, 0.717) is 36.4 Å². The second-order valence-corrected chi connectivity index (χ2v) is 8.33. The van der Waals surface area contributed by atoms with Gasteiger partial charge in [-0.05, 0) is 53.8 Å². The molecule has 1 atom stereocenters. The lowest BCUT2D eigenvalue weighted by Gasteiger charge is -2.38. The van der Waals surface area contributed by atoms with Crippen LogP contribution in [0.15, 0.2) is 34.8 Å². The monoisotopic (exact) mass is 449 g/mol. The Balaban J connectivity index is 2.18. The molecule has 28 heavy (non-hydrogen) atoms. The number of hydrogen-bond donors (Lipinski definition) is 0. The van der Waals surface area contributed by atoms with Gasteiger partial charge < -0.3 is 14.4 Å². The van der Waals surface area contributed by atoms with Crippen LogP contribution in [0.1, 0.15) is 43.0 Å². The summed E-state index contributed by atoms with van der Waals surface area (Å²) in [6.45, 7) is 4.56. The number of rotatable bonds is 5. The van der Waals surface area contributed by atoms with Crippen LogP contribution in [0.3, 0.4) is 0 Å². The summed E-state index contributed by atoms with van der Waals surface area (Å²) in [7, 11) is 3.17. The highest BCUT2D eigenvalue weighted by Crippen LogP contribution is 2.42. The summed E-state index contributed by atoms with van der Waals surface area (Å²) >= 11 is 3.44. The quantitative estimate of drug-likeness (QED) is 0.635. The molecule has 2 aromatic carbocycles. The van der Waals surface area contributed by atoms with Crippen molar-refractivity contribution < 1.29 is 18.7 Å². The Morgan fingerprint density at radius 2 is 1.86 bits per heavy atom. The van der Waals surface area contributed by atoms with Crippen molar-refractivity contribution >= 4 is 21.8 Å². The van der Waals surface area contributed by atoms with Crippen LogP contribution < -0.4 is 9.47 Å². The van der Waals surface area contributed by atoms with E-state index in [4.69, 9.17) is 9.47 Å². The van der Waals surface area contributed by atoms with Crippen molar-refractivity contribution in [3.05, 3.63) is 57.3 Å². The lowest BCUT2D eigenvalue weighted by molar-refractivity contribution is -0.134. The molecule has 0 spiro atoms. The maximum Gasteiger partial charge on any atom is 0.223 e. The summed E-state index contributed by atoms with van der Waals surface area (Å²) in [5, 5.41) is 0. The third kappa shape index (κ3) is 4.02. The highest BCUT2D eigenvalue weighted by molar-refractivity contribution is 9.10. The number of halogens is 2. The number of nitrogens with zero attached hydrogens (tertiary/aromatic N) is 1. The number of carbonyl (C=O) groups is 1. The van der Waals surface area contributed by atoms with Crippen molar-refractivity contribution in [3.63, 3.8) is 0 Å². The summed E-state index contributed by atoms with van der Waals surface area (Å²) in [6, 6.07) is 8.14. The third-order valence-corrected chi connectivity index (χ3v) is 5.52. The van der Waals surface area contributed by atoms with Crippen LogP contribution in [0.25, 0.3) is 0 Å². The average Bonchev–Trinajstić information content (AvgIpc) is 2.67. The van der Waals surface area contributed by atoms with Gasteiger partial charge in [0.15, 0.2) is 11.5 Å². The summed E-state index contributed by atoms with van der Waals surface area (Å²) < 4.78 is 26.5. The van der Waals surface area contributed by atoms with E-state index in [1.54, 1.807) is 31.3 Å². The molecule has 1 amide bonds. The normalized spacial score (nSPS) is 16.1. The molecule has 2 aromatic rings. The van der Waals surface area contributed by atoms with E-state index >= 15 is 0 Å². The van der Waals surface area contributed by atoms with Crippen molar-refractivity contribution in [2.24, 2.45) is 5.92 Å². The van der Waals surface area contributed by atoms with Crippen molar-refractivity contribution in [2.45, 2.75) is 32.7 Å². The second-order valence-electron chi connectivity index (χ2n) is 7.41. The topological polar surface area (TPSA) is 38.8 Å². The number of methoxy groups -OCH3 is 2. The molecular weight excluding hydrogens is 425 g/mol. The van der Waals surface area contributed by atoms with Gasteiger partial charge in [0.1, 0.15) is 5.82 Å². The van der Waals surface area contributed by atoms with E-state index in [-0.39, 0.29) is 17.6 Å². The van der Waals surface area contributed by atoms with E-state index in [1.165, 1.54) is 6.07 Å². The smallest absolute Gasteiger partial charge is 0.223 e. The number of amides is 1. The fourth-order valence-corrected chi connectivity index (χ4v) is 4.12. The summed E-state index contributed by atoms with van der Waals surface area (Å²) in [6.07, 6.45) is 1.11. The van der Waals surface area contributed by atoms with Crippen LogP contribution in [-0.4, -0.2) is 31.6 Å². The minimum absolute atomic E-state index is 0.0276. The van der Waals surface area contributed by atoms with E-state index in [2.05, 4.69) is 15.9 Å². The largest absolute Gasteiger partial charge is 0.493 e. The van der Waals surface area contributed by atoms with Crippen molar-refractivity contribution in [1.82, 2.24) is 4.90 Å². The van der Waals surface area contributed by atoms with Crippen LogP contribution in [0.5, 0.6) is 11.5 Å². The average molecular weight is 450 g/mol. The zero-order chi connectivity index (χ0) is 20.4. The first-order chi connectivity index (χ1) is 13.3. The lowest BCUT2D eigenvalue weighted by atomic mass is 9.87. The molecule has 0 unspecified atom stereocenters. The SMILES string of the molecule is COc1cc2c(cc1OC)[C@H](c1cc(Br)ccc1F)N(C(=O)CC(C)C)CC2. The molecule has 0 N–H and O–H groups in total. The number of ether oxygens (including phenoxy) is 2. The molecule has 0 aromatic heterocycles. The van der Waals surface area contributed by atoms with Gasteiger partial charge in [0, 0.05) is 23.0 Å². The van der Waals surface area contributed by atoms with E-state index in [9.17, 15) is 9.18 Å². The van der Waals surface area contributed by atoms with Crippen molar-refractivity contribution in [3.8, 4) is 11.5 Å². The van der Waals surface area contributed by atoms with E-state index in [0.717, 1.165) is 15.6 Å². The predicted molar refractivity (Wildman–Crippen MR) is 110 cm³/mol. The fourth-order valence-electron chi connectivity index (χ4n) is 3.74. The minimum atomic E-state index is -0.507. The highest BCUT2D eigenvalue weighted by atomic mass is 79.9. The Hall–Kier alpha value is -2.08. The van der Waals surface area contributed by atoms with Gasteiger partial charge in [0.05, 0.1) is 20.3 Å². The molecule has 1 heterocycles. The Kier molecular flexibility index (Phi) is 6.28. The molecule has 0 radical (unpaired) electrons. The lowest BCUT2D eigenvalue weighted by Crippen LogP contribution is -2.41. The number of carbonyl (C=O) groups excluding carboxylic acids is 1. The first-order valence-electron chi connectivity index (χ1n) is 9.35. The Bertz CT molecular complexity index is 884. The molecule has 0 saturated carbocycles. The van der Waals surface area contributed by atoms with Crippen LogP contribution in [0, 0.1) is 11.7 Å². The van der Waals surface area contributed by atoms with Gasteiger partial charge in [0.2, 0.25) is 5.91 Å². The van der Waals surface area contributed by atoms with Crippen molar-refractivity contribution in [2.75, 3.05) is 20.8 Å². The van der Waals surface area contributed by atoms with Crippen LogP contribution in [0.4, 0.5) is 4.39 Å². The minimum Gasteiger partial charge on any atom is -0.493 e. The van der Waals surface area contributed by atoms with Gasteiger partial charge >= 0.3 is 0 Å². The standard InChI is InChI=1S/C22H25BrFNO3/c1-13(2)9-21(26)25-8-7-14-10-19(27-3)20(28-4)12-16(14)22(25)17-11-15(23)5-6-18(17)24/h5-6,10-13,22H,7-9H2,1-4H3/t22-/m1/s1. The van der Waals surface area contributed by atoms with Gasteiger partial charge in [0.25, 0.3) is 0 Å². The maximum absolute atomic E-state index is 14.9. The number of fused-ring (bicyclic) bond motifs is 1. The van der Waals surface area contributed by atoms with Gasteiger partial charge in [-0.25, -0.2) is 4.39 Å². The number of benzene rings is 2. The van der Waals surface area contributed by atoms with Crippen LogP contribution >= 0.6 is 15.9 Å².